The van der Waals surface area contributed by atoms with Crippen molar-refractivity contribution < 1.29 is 0 Å². The molecule has 1 aromatic carbocycles. The molecule has 0 aliphatic carbocycles. The van der Waals surface area contributed by atoms with E-state index in [1.807, 2.05) is 12.3 Å². The molecule has 0 bridgehead atoms. The Bertz CT molecular complexity index is 957. The maximum atomic E-state index is 4.79. The molecular weight excluding hydrogens is 398 g/mol. The van der Waals surface area contributed by atoms with Crippen molar-refractivity contribution in [3.8, 4) is 0 Å². The normalized spacial score (nSPS) is 15.6. The molecule has 0 spiro atoms. The molecule has 3 heterocycles. The fourth-order valence-corrected chi connectivity index (χ4v) is 4.62. The third-order valence-corrected chi connectivity index (χ3v) is 6.33. The van der Waals surface area contributed by atoms with Crippen LogP contribution in [0, 0.1) is 13.8 Å². The molecule has 1 fully saturated rings. The van der Waals surface area contributed by atoms with Crippen LogP contribution >= 0.6 is 0 Å². The fourth-order valence-electron chi connectivity index (χ4n) is 4.62. The van der Waals surface area contributed by atoms with Gasteiger partial charge in [-0.1, -0.05) is 43.2 Å². The lowest BCUT2D eigenvalue weighted by atomic mass is 9.96. The number of aryl methyl sites for hydroxylation is 2. The van der Waals surface area contributed by atoms with Gasteiger partial charge in [0, 0.05) is 43.6 Å². The molecule has 1 atom stereocenters. The molecule has 7 nitrogen and oxygen atoms in total. The van der Waals surface area contributed by atoms with Crippen LogP contribution in [0.2, 0.25) is 0 Å². The van der Waals surface area contributed by atoms with Crippen molar-refractivity contribution >= 4 is 11.8 Å². The van der Waals surface area contributed by atoms with Gasteiger partial charge in [0.05, 0.1) is 11.7 Å². The Morgan fingerprint density at radius 1 is 1.06 bits per heavy atom. The van der Waals surface area contributed by atoms with Crippen molar-refractivity contribution in [3.05, 3.63) is 65.1 Å². The first kappa shape index (κ1) is 22.3. The number of hydrogen-bond donors (Lipinski definition) is 2. The molecule has 32 heavy (non-hydrogen) atoms. The smallest absolute Gasteiger partial charge is 0.224 e. The molecule has 2 N–H and O–H groups in total. The quantitative estimate of drug-likeness (QED) is 0.551. The Labute approximate surface area is 191 Å². The minimum Gasteiger partial charge on any atom is -0.356 e. The van der Waals surface area contributed by atoms with E-state index in [0.29, 0.717) is 5.95 Å². The highest BCUT2D eigenvalue weighted by molar-refractivity contribution is 5.42. The number of rotatable bonds is 8. The molecule has 1 saturated heterocycles. The molecule has 2 aromatic heterocycles. The van der Waals surface area contributed by atoms with E-state index >= 15 is 0 Å². The number of anilines is 2. The largest absolute Gasteiger partial charge is 0.356 e. The molecule has 0 saturated carbocycles. The van der Waals surface area contributed by atoms with Gasteiger partial charge < -0.3 is 10.2 Å². The molecule has 1 unspecified atom stereocenters. The summed E-state index contributed by atoms with van der Waals surface area (Å²) in [5, 5.41) is 11.0. The lowest BCUT2D eigenvalue weighted by molar-refractivity contribution is 0.288. The second-order valence-corrected chi connectivity index (χ2v) is 8.71. The van der Waals surface area contributed by atoms with E-state index in [9.17, 15) is 0 Å². The van der Waals surface area contributed by atoms with Crippen molar-refractivity contribution in [3.63, 3.8) is 0 Å². The van der Waals surface area contributed by atoms with E-state index in [-0.39, 0.29) is 6.04 Å². The summed E-state index contributed by atoms with van der Waals surface area (Å²) in [7, 11) is 2.17. The van der Waals surface area contributed by atoms with E-state index in [1.165, 1.54) is 36.8 Å². The highest BCUT2D eigenvalue weighted by Gasteiger charge is 2.24. The second kappa shape index (κ2) is 10.6. The predicted octanol–water partition coefficient (Wildman–Crippen LogP) is 4.33. The first-order chi connectivity index (χ1) is 15.6. The summed E-state index contributed by atoms with van der Waals surface area (Å²) in [4.78, 5) is 14.0. The summed E-state index contributed by atoms with van der Waals surface area (Å²) < 4.78 is 0. The van der Waals surface area contributed by atoms with Gasteiger partial charge in [-0.3, -0.25) is 10.00 Å². The standard InChI is InChI=1S/C25H35N7/c1-19-23(20(2)30-29-19)24(21-11-7-6-8-12-21)31(3)18-15-27-25-26-14-13-22(28-25)32-16-9-4-5-10-17-32/h6-8,11-14,24H,4-5,9-10,15-18H2,1-3H3,(H,29,30)(H,26,27,28). The Hall–Kier alpha value is -2.93. The van der Waals surface area contributed by atoms with Crippen LogP contribution in [0.25, 0.3) is 0 Å². The second-order valence-electron chi connectivity index (χ2n) is 8.71. The minimum absolute atomic E-state index is 0.140. The number of H-pyrrole nitrogens is 1. The van der Waals surface area contributed by atoms with Gasteiger partial charge in [-0.2, -0.15) is 10.1 Å². The number of benzene rings is 1. The van der Waals surface area contributed by atoms with Crippen molar-refractivity contribution in [2.75, 3.05) is 43.4 Å². The molecule has 4 rings (SSSR count). The van der Waals surface area contributed by atoms with Gasteiger partial charge in [0.2, 0.25) is 5.95 Å². The summed E-state index contributed by atoms with van der Waals surface area (Å²) in [5.74, 6) is 1.73. The van der Waals surface area contributed by atoms with Gasteiger partial charge in [-0.15, -0.1) is 0 Å². The van der Waals surface area contributed by atoms with E-state index in [0.717, 1.165) is 43.4 Å². The van der Waals surface area contributed by atoms with Crippen molar-refractivity contribution in [2.24, 2.45) is 0 Å². The van der Waals surface area contributed by atoms with Gasteiger partial charge in [-0.25, -0.2) is 4.98 Å². The SMILES string of the molecule is Cc1n[nH]c(C)c1C(c1ccccc1)N(C)CCNc1nccc(N2CCCCCC2)n1. The Kier molecular flexibility index (Phi) is 7.37. The topological polar surface area (TPSA) is 73.0 Å². The fraction of sp³-hybridized carbons (Fsp3) is 0.480. The maximum Gasteiger partial charge on any atom is 0.224 e. The monoisotopic (exact) mass is 433 g/mol. The van der Waals surface area contributed by atoms with Crippen LogP contribution in [-0.2, 0) is 0 Å². The molecule has 1 aliphatic rings. The lowest BCUT2D eigenvalue weighted by Crippen LogP contribution is -2.31. The summed E-state index contributed by atoms with van der Waals surface area (Å²) in [5.41, 5.74) is 4.68. The summed E-state index contributed by atoms with van der Waals surface area (Å²) in [6, 6.07) is 12.8. The van der Waals surface area contributed by atoms with Crippen molar-refractivity contribution in [1.82, 2.24) is 25.1 Å². The van der Waals surface area contributed by atoms with Crippen LogP contribution in [0.3, 0.4) is 0 Å². The van der Waals surface area contributed by atoms with Gasteiger partial charge in [0.15, 0.2) is 0 Å². The third-order valence-electron chi connectivity index (χ3n) is 6.33. The minimum atomic E-state index is 0.140. The van der Waals surface area contributed by atoms with Crippen LogP contribution in [0.4, 0.5) is 11.8 Å². The molecule has 1 aliphatic heterocycles. The zero-order chi connectivity index (χ0) is 22.3. The Morgan fingerprint density at radius 3 is 2.50 bits per heavy atom. The van der Waals surface area contributed by atoms with E-state index in [4.69, 9.17) is 4.98 Å². The summed E-state index contributed by atoms with van der Waals surface area (Å²) in [6.45, 7) is 7.95. The molecule has 170 valence electrons. The van der Waals surface area contributed by atoms with Crippen LogP contribution in [-0.4, -0.2) is 58.3 Å². The first-order valence-corrected chi connectivity index (χ1v) is 11.7. The number of likely N-dealkylation sites (N-methyl/N-ethyl adjacent to an activating group) is 1. The van der Waals surface area contributed by atoms with Crippen LogP contribution in [0.15, 0.2) is 42.6 Å². The van der Waals surface area contributed by atoms with E-state index in [1.54, 1.807) is 0 Å². The molecular formula is C25H35N7. The number of nitrogens with zero attached hydrogens (tertiary/aromatic N) is 5. The first-order valence-electron chi connectivity index (χ1n) is 11.7. The van der Waals surface area contributed by atoms with Crippen LogP contribution in [0.1, 0.15) is 54.2 Å². The lowest BCUT2D eigenvalue weighted by Gasteiger charge is -2.29. The zero-order valence-corrected chi connectivity index (χ0v) is 19.5. The predicted molar refractivity (Wildman–Crippen MR) is 130 cm³/mol. The van der Waals surface area contributed by atoms with Gasteiger partial charge >= 0.3 is 0 Å². The van der Waals surface area contributed by atoms with Gasteiger partial charge in [0.1, 0.15) is 5.82 Å². The van der Waals surface area contributed by atoms with Crippen molar-refractivity contribution in [2.45, 2.75) is 45.6 Å². The van der Waals surface area contributed by atoms with Crippen molar-refractivity contribution in [1.29, 1.82) is 0 Å². The van der Waals surface area contributed by atoms with Crippen LogP contribution < -0.4 is 10.2 Å². The average molecular weight is 434 g/mol. The molecule has 0 radical (unpaired) electrons. The number of hydrogen-bond acceptors (Lipinski definition) is 6. The highest BCUT2D eigenvalue weighted by atomic mass is 15.2. The Balaban J connectivity index is 1.43. The van der Waals surface area contributed by atoms with Gasteiger partial charge in [0.25, 0.3) is 0 Å². The molecule has 7 heteroatoms. The maximum absolute atomic E-state index is 4.79. The number of aromatic amines is 1. The zero-order valence-electron chi connectivity index (χ0n) is 19.5. The molecule has 0 amide bonds. The summed E-state index contributed by atoms with van der Waals surface area (Å²) >= 11 is 0. The number of aromatic nitrogens is 4. The highest BCUT2D eigenvalue weighted by Crippen LogP contribution is 2.31. The summed E-state index contributed by atoms with van der Waals surface area (Å²) in [6.07, 6.45) is 6.98. The van der Waals surface area contributed by atoms with Crippen LogP contribution in [0.5, 0.6) is 0 Å². The van der Waals surface area contributed by atoms with E-state index < -0.39 is 0 Å². The molecule has 3 aromatic rings. The number of nitrogens with one attached hydrogen (secondary N) is 2. The Morgan fingerprint density at radius 2 is 1.81 bits per heavy atom. The average Bonchev–Trinajstić information content (AvgIpc) is 3.00. The third kappa shape index (κ3) is 5.27. The van der Waals surface area contributed by atoms with E-state index in [2.05, 4.69) is 81.5 Å². The van der Waals surface area contributed by atoms with Gasteiger partial charge in [-0.05, 0) is 45.4 Å².